The van der Waals surface area contributed by atoms with Crippen molar-refractivity contribution in [3.05, 3.63) is 102 Å². The molecule has 0 spiro atoms. The van der Waals surface area contributed by atoms with Gasteiger partial charge in [0.1, 0.15) is 18.1 Å². The van der Waals surface area contributed by atoms with Crippen LogP contribution in [0.25, 0.3) is 10.8 Å². The van der Waals surface area contributed by atoms with Gasteiger partial charge in [-0.25, -0.2) is 4.79 Å². The second kappa shape index (κ2) is 11.9. The van der Waals surface area contributed by atoms with Crippen LogP contribution in [0.4, 0.5) is 10.5 Å². The van der Waals surface area contributed by atoms with Gasteiger partial charge in [-0.05, 0) is 64.7 Å². The van der Waals surface area contributed by atoms with E-state index in [1.54, 1.807) is 42.5 Å². The van der Waals surface area contributed by atoms with E-state index in [9.17, 15) is 19.5 Å². The predicted molar refractivity (Wildman–Crippen MR) is 145 cm³/mol. The molecule has 0 aromatic heterocycles. The summed E-state index contributed by atoms with van der Waals surface area (Å²) in [5.74, 6) is -0.233. The van der Waals surface area contributed by atoms with Crippen molar-refractivity contribution in [1.82, 2.24) is 5.32 Å². The molecule has 0 unspecified atom stereocenters. The highest BCUT2D eigenvalue weighted by Crippen LogP contribution is 2.28. The standard InChI is InChI=1S/C29H28N4O5/c30-25(13-18-8-10-24(34)11-9-18)28(36)32-23-7-3-4-19(12-23)17-38-26-15-21-6-2-1-5-20(21)14-22(26)16-27(35)33-29(31)37/h1-12,14-15,25,34H,13,16-17,30H2,(H,32,36)(H3,31,33,35,37)/t25-/m0/s1. The number of phenols is 1. The zero-order valence-corrected chi connectivity index (χ0v) is 20.5. The molecule has 0 bridgehead atoms. The van der Waals surface area contributed by atoms with Gasteiger partial charge in [0.05, 0.1) is 12.5 Å². The van der Waals surface area contributed by atoms with Crippen LogP contribution >= 0.6 is 0 Å². The second-order valence-corrected chi connectivity index (χ2v) is 8.85. The minimum atomic E-state index is -0.917. The molecule has 4 aromatic rings. The molecule has 194 valence electrons. The SMILES string of the molecule is NC(=O)NC(=O)Cc1cc2ccccc2cc1OCc1cccc(NC(=O)[C@@H](N)Cc2ccc(O)cc2)c1. The molecule has 9 nitrogen and oxygen atoms in total. The smallest absolute Gasteiger partial charge is 0.318 e. The van der Waals surface area contributed by atoms with Crippen molar-refractivity contribution in [3.63, 3.8) is 0 Å². The van der Waals surface area contributed by atoms with Crippen LogP contribution in [0, 0.1) is 0 Å². The molecule has 7 N–H and O–H groups in total. The van der Waals surface area contributed by atoms with Crippen molar-refractivity contribution in [1.29, 1.82) is 0 Å². The summed E-state index contributed by atoms with van der Waals surface area (Å²) in [4.78, 5) is 35.9. The summed E-state index contributed by atoms with van der Waals surface area (Å²) in [5.41, 5.74) is 13.9. The number of amides is 4. The van der Waals surface area contributed by atoms with Gasteiger partial charge in [0.2, 0.25) is 11.8 Å². The summed E-state index contributed by atoms with van der Waals surface area (Å²) in [7, 11) is 0. The molecule has 0 aliphatic heterocycles. The number of ether oxygens (including phenoxy) is 1. The summed E-state index contributed by atoms with van der Waals surface area (Å²) in [6, 6.07) is 23.4. The lowest BCUT2D eigenvalue weighted by Gasteiger charge is -2.15. The maximum atomic E-state index is 12.6. The number of aromatic hydroxyl groups is 1. The average molecular weight is 513 g/mol. The Balaban J connectivity index is 1.44. The topological polar surface area (TPSA) is 157 Å². The van der Waals surface area contributed by atoms with Crippen LogP contribution in [-0.4, -0.2) is 29.0 Å². The molecule has 4 rings (SSSR count). The van der Waals surface area contributed by atoms with Gasteiger partial charge in [-0.1, -0.05) is 48.5 Å². The Kier molecular flexibility index (Phi) is 8.20. The first kappa shape index (κ1) is 26.2. The van der Waals surface area contributed by atoms with Gasteiger partial charge in [-0.15, -0.1) is 0 Å². The first-order chi connectivity index (χ1) is 18.3. The van der Waals surface area contributed by atoms with Crippen LogP contribution in [0.5, 0.6) is 11.5 Å². The van der Waals surface area contributed by atoms with E-state index in [-0.39, 0.29) is 24.7 Å². The number of hydrogen-bond acceptors (Lipinski definition) is 6. The number of rotatable bonds is 9. The molecular formula is C29H28N4O5. The molecule has 0 radical (unpaired) electrons. The van der Waals surface area contributed by atoms with Gasteiger partial charge in [0.25, 0.3) is 0 Å². The van der Waals surface area contributed by atoms with E-state index in [1.807, 2.05) is 42.5 Å². The highest BCUT2D eigenvalue weighted by Gasteiger charge is 2.16. The Morgan fingerprint density at radius 1 is 0.868 bits per heavy atom. The van der Waals surface area contributed by atoms with E-state index < -0.39 is 18.0 Å². The van der Waals surface area contributed by atoms with Crippen molar-refractivity contribution in [3.8, 4) is 11.5 Å². The number of urea groups is 1. The fourth-order valence-corrected chi connectivity index (χ4v) is 4.01. The summed E-state index contributed by atoms with van der Waals surface area (Å²) in [6.07, 6.45) is 0.237. The van der Waals surface area contributed by atoms with Gasteiger partial charge >= 0.3 is 6.03 Å². The summed E-state index contributed by atoms with van der Waals surface area (Å²) >= 11 is 0. The van der Waals surface area contributed by atoms with Crippen LogP contribution in [0.3, 0.4) is 0 Å². The van der Waals surface area contributed by atoms with E-state index >= 15 is 0 Å². The third-order valence-corrected chi connectivity index (χ3v) is 5.86. The highest BCUT2D eigenvalue weighted by molar-refractivity contribution is 5.96. The molecule has 0 fully saturated rings. The number of nitrogens with one attached hydrogen (secondary N) is 2. The van der Waals surface area contributed by atoms with Crippen LogP contribution in [0.15, 0.2) is 84.9 Å². The lowest BCUT2D eigenvalue weighted by Crippen LogP contribution is -2.37. The molecule has 4 aromatic carbocycles. The van der Waals surface area contributed by atoms with Crippen molar-refractivity contribution < 1.29 is 24.2 Å². The van der Waals surface area contributed by atoms with Gasteiger partial charge in [-0.2, -0.15) is 0 Å². The largest absolute Gasteiger partial charge is 0.508 e. The molecule has 1 atom stereocenters. The number of carbonyl (C=O) groups is 3. The molecule has 0 heterocycles. The molecule has 9 heteroatoms. The van der Waals surface area contributed by atoms with Gasteiger partial charge < -0.3 is 26.6 Å². The molecular weight excluding hydrogens is 484 g/mol. The number of carbonyl (C=O) groups excluding carboxylic acids is 3. The number of fused-ring (bicyclic) bond motifs is 1. The van der Waals surface area contributed by atoms with Crippen LogP contribution in [-0.2, 0) is 29.0 Å². The molecule has 0 saturated carbocycles. The number of imide groups is 1. The van der Waals surface area contributed by atoms with Crippen molar-refractivity contribution in [2.75, 3.05) is 5.32 Å². The minimum Gasteiger partial charge on any atom is -0.508 e. The van der Waals surface area contributed by atoms with Gasteiger partial charge in [0.15, 0.2) is 0 Å². The Hall–Kier alpha value is -4.89. The highest BCUT2D eigenvalue weighted by atomic mass is 16.5. The zero-order chi connectivity index (χ0) is 27.1. The molecule has 0 aliphatic rings. The first-order valence-corrected chi connectivity index (χ1v) is 11.9. The predicted octanol–water partition coefficient (Wildman–Crippen LogP) is 3.37. The number of phenolic OH excluding ortho intramolecular Hbond substituents is 1. The number of nitrogens with two attached hydrogens (primary N) is 2. The van der Waals surface area contributed by atoms with Crippen molar-refractivity contribution in [2.24, 2.45) is 11.5 Å². The quantitative estimate of drug-likeness (QED) is 0.231. The molecule has 4 amide bonds. The lowest BCUT2D eigenvalue weighted by atomic mass is 10.0. The Labute approximate surface area is 219 Å². The van der Waals surface area contributed by atoms with Crippen molar-refractivity contribution >= 4 is 34.3 Å². The normalized spacial score (nSPS) is 11.5. The van der Waals surface area contributed by atoms with Crippen LogP contribution in [0.2, 0.25) is 0 Å². The number of primary amides is 1. The van der Waals surface area contributed by atoms with Gasteiger partial charge in [-0.3, -0.25) is 14.9 Å². The maximum Gasteiger partial charge on any atom is 0.318 e. The summed E-state index contributed by atoms with van der Waals surface area (Å²) < 4.78 is 6.08. The number of anilines is 1. The maximum absolute atomic E-state index is 12.6. The zero-order valence-electron chi connectivity index (χ0n) is 20.5. The lowest BCUT2D eigenvalue weighted by molar-refractivity contribution is -0.119. The third kappa shape index (κ3) is 7.08. The van der Waals surface area contributed by atoms with E-state index in [1.165, 1.54) is 0 Å². The fourth-order valence-electron chi connectivity index (χ4n) is 4.01. The van der Waals surface area contributed by atoms with Gasteiger partial charge in [0, 0.05) is 11.3 Å². The Bertz CT molecular complexity index is 1470. The fraction of sp³-hybridized carbons (Fsp3) is 0.138. The number of benzene rings is 4. The minimum absolute atomic E-state index is 0.0852. The van der Waals surface area contributed by atoms with E-state index in [4.69, 9.17) is 16.2 Å². The first-order valence-electron chi connectivity index (χ1n) is 11.9. The van der Waals surface area contributed by atoms with Crippen LogP contribution < -0.4 is 26.8 Å². The number of hydrogen-bond donors (Lipinski definition) is 5. The van der Waals surface area contributed by atoms with E-state index in [2.05, 4.69) is 10.6 Å². The Morgan fingerprint density at radius 2 is 1.58 bits per heavy atom. The second-order valence-electron chi connectivity index (χ2n) is 8.85. The monoisotopic (exact) mass is 512 g/mol. The molecule has 0 saturated heterocycles. The van der Waals surface area contributed by atoms with Crippen molar-refractivity contribution in [2.45, 2.75) is 25.5 Å². The Morgan fingerprint density at radius 3 is 2.29 bits per heavy atom. The van der Waals surface area contributed by atoms with E-state index in [0.29, 0.717) is 23.4 Å². The van der Waals surface area contributed by atoms with Crippen LogP contribution in [0.1, 0.15) is 16.7 Å². The van der Waals surface area contributed by atoms with E-state index in [0.717, 1.165) is 21.9 Å². The average Bonchev–Trinajstić information content (AvgIpc) is 2.88. The molecule has 38 heavy (non-hydrogen) atoms. The summed E-state index contributed by atoms with van der Waals surface area (Å²) in [6.45, 7) is 0.173. The third-order valence-electron chi connectivity index (χ3n) is 5.86. The summed E-state index contributed by atoms with van der Waals surface area (Å²) in [5, 5.41) is 16.2. The molecule has 0 aliphatic carbocycles.